The van der Waals surface area contributed by atoms with Gasteiger partial charge in [-0.1, -0.05) is 0 Å². The van der Waals surface area contributed by atoms with Crippen LogP contribution in [0, 0.1) is 13.8 Å². The Kier molecular flexibility index (Phi) is 4.48. The molecule has 4 N–H and O–H groups in total. The van der Waals surface area contributed by atoms with Crippen molar-refractivity contribution in [3.8, 4) is 5.75 Å². The van der Waals surface area contributed by atoms with Gasteiger partial charge in [-0.05, 0) is 37.1 Å². The standard InChI is InChI=1S/C12H18N2O3/c1-7-4-9(5-8(2)11(7)17-3)14-12(16)10(15)6-13/h4-5,10,15H,6,13H2,1-3H3,(H,14,16). The molecule has 0 saturated heterocycles. The van der Waals surface area contributed by atoms with Gasteiger partial charge in [-0.25, -0.2) is 0 Å². The zero-order valence-electron chi connectivity index (χ0n) is 10.3. The lowest BCUT2D eigenvalue weighted by Crippen LogP contribution is -2.34. The highest BCUT2D eigenvalue weighted by Gasteiger charge is 2.14. The molecule has 0 aromatic heterocycles. The number of aryl methyl sites for hydroxylation is 2. The molecular formula is C12H18N2O3. The SMILES string of the molecule is COc1c(C)cc(NC(=O)C(O)CN)cc1C. The van der Waals surface area contributed by atoms with E-state index in [9.17, 15) is 9.90 Å². The normalized spacial score (nSPS) is 12.1. The average Bonchev–Trinajstić information content (AvgIpc) is 2.27. The van der Waals surface area contributed by atoms with Gasteiger partial charge < -0.3 is 20.9 Å². The number of anilines is 1. The first kappa shape index (κ1) is 13.5. The predicted molar refractivity (Wildman–Crippen MR) is 66.2 cm³/mol. The summed E-state index contributed by atoms with van der Waals surface area (Å²) >= 11 is 0. The molecule has 0 heterocycles. The molecule has 0 saturated carbocycles. The lowest BCUT2D eigenvalue weighted by molar-refractivity contribution is -0.123. The van der Waals surface area contributed by atoms with Crippen LogP contribution in [0.25, 0.3) is 0 Å². The molecule has 5 heteroatoms. The first-order valence-electron chi connectivity index (χ1n) is 5.33. The van der Waals surface area contributed by atoms with E-state index in [-0.39, 0.29) is 6.54 Å². The van der Waals surface area contributed by atoms with Crippen molar-refractivity contribution in [2.75, 3.05) is 19.0 Å². The van der Waals surface area contributed by atoms with Crippen LogP contribution >= 0.6 is 0 Å². The molecule has 0 aliphatic rings. The number of carbonyl (C=O) groups is 1. The fourth-order valence-electron chi connectivity index (χ4n) is 1.68. The van der Waals surface area contributed by atoms with Crippen molar-refractivity contribution in [2.24, 2.45) is 5.73 Å². The average molecular weight is 238 g/mol. The van der Waals surface area contributed by atoms with Crippen molar-refractivity contribution in [1.29, 1.82) is 0 Å². The van der Waals surface area contributed by atoms with Crippen LogP contribution in [0.2, 0.25) is 0 Å². The molecule has 1 unspecified atom stereocenters. The van der Waals surface area contributed by atoms with Gasteiger partial charge in [0.05, 0.1) is 7.11 Å². The van der Waals surface area contributed by atoms with Crippen molar-refractivity contribution in [2.45, 2.75) is 20.0 Å². The summed E-state index contributed by atoms with van der Waals surface area (Å²) in [6, 6.07) is 3.57. The number of amides is 1. The van der Waals surface area contributed by atoms with E-state index in [1.54, 1.807) is 19.2 Å². The summed E-state index contributed by atoms with van der Waals surface area (Å²) in [4.78, 5) is 11.4. The van der Waals surface area contributed by atoms with E-state index in [2.05, 4.69) is 5.32 Å². The summed E-state index contributed by atoms with van der Waals surface area (Å²) < 4.78 is 5.22. The van der Waals surface area contributed by atoms with E-state index in [1.807, 2.05) is 13.8 Å². The minimum Gasteiger partial charge on any atom is -0.496 e. The van der Waals surface area contributed by atoms with Gasteiger partial charge in [-0.3, -0.25) is 4.79 Å². The Hall–Kier alpha value is -1.59. The van der Waals surface area contributed by atoms with Gasteiger partial charge >= 0.3 is 0 Å². The van der Waals surface area contributed by atoms with E-state index in [4.69, 9.17) is 10.5 Å². The molecule has 0 radical (unpaired) electrons. The maximum absolute atomic E-state index is 11.4. The van der Waals surface area contributed by atoms with Gasteiger partial charge in [0.15, 0.2) is 0 Å². The van der Waals surface area contributed by atoms with Gasteiger partial charge in [0, 0.05) is 12.2 Å². The van der Waals surface area contributed by atoms with Gasteiger partial charge in [0.1, 0.15) is 11.9 Å². The molecule has 0 fully saturated rings. The van der Waals surface area contributed by atoms with Crippen LogP contribution in [0.3, 0.4) is 0 Å². The molecular weight excluding hydrogens is 220 g/mol. The number of nitrogens with one attached hydrogen (secondary N) is 1. The Labute approximate surface area is 101 Å². The zero-order valence-corrected chi connectivity index (χ0v) is 10.3. The van der Waals surface area contributed by atoms with Crippen molar-refractivity contribution < 1.29 is 14.6 Å². The quantitative estimate of drug-likeness (QED) is 0.716. The molecule has 94 valence electrons. The minimum atomic E-state index is -1.18. The first-order valence-corrected chi connectivity index (χ1v) is 5.33. The van der Waals surface area contributed by atoms with Crippen LogP contribution in [0.15, 0.2) is 12.1 Å². The fraction of sp³-hybridized carbons (Fsp3) is 0.417. The second-order valence-corrected chi connectivity index (χ2v) is 3.88. The Bertz CT molecular complexity index is 395. The summed E-state index contributed by atoms with van der Waals surface area (Å²) in [5, 5.41) is 11.9. The number of benzene rings is 1. The highest BCUT2D eigenvalue weighted by Crippen LogP contribution is 2.26. The lowest BCUT2D eigenvalue weighted by Gasteiger charge is -2.13. The number of carbonyl (C=O) groups excluding carboxylic acids is 1. The lowest BCUT2D eigenvalue weighted by atomic mass is 10.1. The second kappa shape index (κ2) is 5.65. The van der Waals surface area contributed by atoms with Crippen LogP contribution in [-0.4, -0.2) is 30.8 Å². The zero-order chi connectivity index (χ0) is 13.0. The van der Waals surface area contributed by atoms with Crippen molar-refractivity contribution >= 4 is 11.6 Å². The number of aliphatic hydroxyl groups is 1. The number of aliphatic hydroxyl groups excluding tert-OH is 1. The Balaban J connectivity index is 2.90. The Morgan fingerprint density at radius 2 is 2.00 bits per heavy atom. The van der Waals surface area contributed by atoms with Gasteiger partial charge in [-0.2, -0.15) is 0 Å². The third-order valence-corrected chi connectivity index (χ3v) is 2.46. The van der Waals surface area contributed by atoms with Crippen molar-refractivity contribution in [1.82, 2.24) is 0 Å². The Morgan fingerprint density at radius 1 is 1.47 bits per heavy atom. The molecule has 0 bridgehead atoms. The molecule has 1 aromatic carbocycles. The van der Waals surface area contributed by atoms with E-state index >= 15 is 0 Å². The number of methoxy groups -OCH3 is 1. The number of hydrogen-bond acceptors (Lipinski definition) is 4. The molecule has 1 amide bonds. The van der Waals surface area contributed by atoms with Crippen molar-refractivity contribution in [3.05, 3.63) is 23.3 Å². The molecule has 1 atom stereocenters. The molecule has 1 rings (SSSR count). The predicted octanol–water partition coefficient (Wildman–Crippen LogP) is 0.570. The van der Waals surface area contributed by atoms with Crippen LogP contribution in [0.4, 0.5) is 5.69 Å². The topological polar surface area (TPSA) is 84.6 Å². The molecule has 1 aromatic rings. The summed E-state index contributed by atoms with van der Waals surface area (Å²) in [5.74, 6) is 0.291. The van der Waals surface area contributed by atoms with E-state index in [0.29, 0.717) is 5.69 Å². The maximum atomic E-state index is 11.4. The molecule has 0 spiro atoms. The maximum Gasteiger partial charge on any atom is 0.254 e. The number of nitrogens with two attached hydrogens (primary N) is 1. The van der Waals surface area contributed by atoms with Gasteiger partial charge in [-0.15, -0.1) is 0 Å². The van der Waals surface area contributed by atoms with Gasteiger partial charge in [0.2, 0.25) is 0 Å². The Morgan fingerprint density at radius 3 is 2.41 bits per heavy atom. The van der Waals surface area contributed by atoms with Crippen LogP contribution in [0.1, 0.15) is 11.1 Å². The molecule has 17 heavy (non-hydrogen) atoms. The largest absolute Gasteiger partial charge is 0.496 e. The molecule has 5 nitrogen and oxygen atoms in total. The monoisotopic (exact) mass is 238 g/mol. The second-order valence-electron chi connectivity index (χ2n) is 3.88. The summed E-state index contributed by atoms with van der Waals surface area (Å²) in [5.41, 5.74) is 7.67. The molecule has 0 aliphatic heterocycles. The number of ether oxygens (including phenoxy) is 1. The fourth-order valence-corrected chi connectivity index (χ4v) is 1.68. The third-order valence-electron chi connectivity index (χ3n) is 2.46. The highest BCUT2D eigenvalue weighted by molar-refractivity contribution is 5.94. The van der Waals surface area contributed by atoms with E-state index < -0.39 is 12.0 Å². The van der Waals surface area contributed by atoms with Crippen LogP contribution < -0.4 is 15.8 Å². The van der Waals surface area contributed by atoms with Crippen molar-refractivity contribution in [3.63, 3.8) is 0 Å². The van der Waals surface area contributed by atoms with E-state index in [1.165, 1.54) is 0 Å². The third kappa shape index (κ3) is 3.18. The summed E-state index contributed by atoms with van der Waals surface area (Å²) in [6.45, 7) is 3.68. The number of hydrogen-bond donors (Lipinski definition) is 3. The van der Waals surface area contributed by atoms with Crippen LogP contribution in [0.5, 0.6) is 5.75 Å². The highest BCUT2D eigenvalue weighted by atomic mass is 16.5. The molecule has 0 aliphatic carbocycles. The smallest absolute Gasteiger partial charge is 0.254 e. The number of rotatable bonds is 4. The first-order chi connectivity index (χ1) is 7.99. The van der Waals surface area contributed by atoms with E-state index in [0.717, 1.165) is 16.9 Å². The summed E-state index contributed by atoms with van der Waals surface area (Å²) in [7, 11) is 1.60. The van der Waals surface area contributed by atoms with Crippen LogP contribution in [-0.2, 0) is 4.79 Å². The summed E-state index contributed by atoms with van der Waals surface area (Å²) in [6.07, 6.45) is -1.18. The minimum absolute atomic E-state index is 0.0973. The van der Waals surface area contributed by atoms with Gasteiger partial charge in [0.25, 0.3) is 5.91 Å².